The predicted octanol–water partition coefficient (Wildman–Crippen LogP) is 1.90. The monoisotopic (exact) mass is 222 g/mol. The van der Waals surface area contributed by atoms with Crippen molar-refractivity contribution in [2.24, 2.45) is 0 Å². The first-order valence-corrected chi connectivity index (χ1v) is 5.72. The van der Waals surface area contributed by atoms with Crippen molar-refractivity contribution in [1.82, 2.24) is 9.38 Å². The van der Waals surface area contributed by atoms with E-state index < -0.39 is 5.97 Å². The van der Waals surface area contributed by atoms with Crippen LogP contribution in [0.5, 0.6) is 0 Å². The van der Waals surface area contributed by atoms with Crippen molar-refractivity contribution >= 4 is 22.3 Å². The highest BCUT2D eigenvalue weighted by atomic mass is 32.1. The first-order valence-electron chi connectivity index (χ1n) is 4.84. The smallest absolute Gasteiger partial charge is 0.304 e. The maximum atomic E-state index is 10.8. The fraction of sp³-hybridized carbons (Fsp3) is 0.400. The van der Waals surface area contributed by atoms with E-state index in [1.165, 1.54) is 0 Å². The van der Waals surface area contributed by atoms with Crippen LogP contribution in [-0.2, 0) is 10.2 Å². The number of thiazole rings is 1. The van der Waals surface area contributed by atoms with Crippen LogP contribution in [0.15, 0.2) is 17.8 Å². The Morgan fingerprint density at radius 3 is 3.13 bits per heavy atom. The third kappa shape index (κ3) is 1.26. The van der Waals surface area contributed by atoms with Gasteiger partial charge in [0.25, 0.3) is 0 Å². The topological polar surface area (TPSA) is 54.6 Å². The first kappa shape index (κ1) is 8.91. The Morgan fingerprint density at radius 1 is 1.67 bits per heavy atom. The molecule has 0 amide bonds. The molecule has 1 saturated carbocycles. The van der Waals surface area contributed by atoms with E-state index in [0.29, 0.717) is 0 Å². The number of nitrogens with zero attached hydrogens (tertiary/aromatic N) is 2. The molecule has 1 aliphatic rings. The molecule has 0 atom stereocenters. The summed E-state index contributed by atoms with van der Waals surface area (Å²) in [5.74, 6) is -0.724. The van der Waals surface area contributed by atoms with Crippen molar-refractivity contribution in [3.8, 4) is 0 Å². The lowest BCUT2D eigenvalue weighted by atomic mass is 9.99. The van der Waals surface area contributed by atoms with Gasteiger partial charge in [0.2, 0.25) is 0 Å². The van der Waals surface area contributed by atoms with Gasteiger partial charge in [-0.15, -0.1) is 11.3 Å². The number of carboxylic acid groups (broad SMARTS) is 1. The molecule has 78 valence electrons. The Balaban J connectivity index is 2.07. The minimum absolute atomic E-state index is 0.147. The van der Waals surface area contributed by atoms with Gasteiger partial charge >= 0.3 is 5.97 Å². The second-order valence-electron chi connectivity index (χ2n) is 4.05. The van der Waals surface area contributed by atoms with Crippen LogP contribution >= 0.6 is 11.3 Å². The predicted molar refractivity (Wildman–Crippen MR) is 56.2 cm³/mol. The minimum Gasteiger partial charge on any atom is -0.481 e. The molecule has 1 fully saturated rings. The van der Waals surface area contributed by atoms with Gasteiger partial charge < -0.3 is 5.11 Å². The molecule has 15 heavy (non-hydrogen) atoms. The zero-order valence-corrected chi connectivity index (χ0v) is 8.83. The standard InChI is InChI=1S/C10H10N2O2S/c13-8(14)5-10(1-2-10)7-6-11-9-12(7)3-4-15-9/h3-4,6H,1-2,5H2,(H,13,14). The van der Waals surface area contributed by atoms with Gasteiger partial charge in [0.1, 0.15) is 0 Å². The van der Waals surface area contributed by atoms with Gasteiger partial charge in [-0.3, -0.25) is 9.20 Å². The second kappa shape index (κ2) is 2.82. The highest BCUT2D eigenvalue weighted by molar-refractivity contribution is 7.15. The summed E-state index contributed by atoms with van der Waals surface area (Å²) >= 11 is 1.58. The van der Waals surface area contributed by atoms with Crippen molar-refractivity contribution in [2.45, 2.75) is 24.7 Å². The molecule has 2 heterocycles. The van der Waals surface area contributed by atoms with E-state index >= 15 is 0 Å². The van der Waals surface area contributed by atoms with E-state index in [9.17, 15) is 4.79 Å². The van der Waals surface area contributed by atoms with E-state index in [4.69, 9.17) is 5.11 Å². The zero-order valence-electron chi connectivity index (χ0n) is 8.01. The molecule has 2 aromatic heterocycles. The Morgan fingerprint density at radius 2 is 2.47 bits per heavy atom. The van der Waals surface area contributed by atoms with Crippen LogP contribution in [0.25, 0.3) is 4.96 Å². The molecule has 0 aromatic carbocycles. The van der Waals surface area contributed by atoms with Gasteiger partial charge in [0, 0.05) is 17.0 Å². The average molecular weight is 222 g/mol. The Bertz CT molecular complexity index is 524. The molecule has 3 rings (SSSR count). The molecule has 0 aliphatic heterocycles. The van der Waals surface area contributed by atoms with Gasteiger partial charge in [-0.2, -0.15) is 0 Å². The Labute approximate surface area is 90.2 Å². The number of hydrogen-bond acceptors (Lipinski definition) is 3. The lowest BCUT2D eigenvalue weighted by molar-refractivity contribution is -0.137. The molecule has 1 N–H and O–H groups in total. The molecule has 0 saturated heterocycles. The number of carboxylic acids is 1. The summed E-state index contributed by atoms with van der Waals surface area (Å²) in [5, 5.41) is 10.9. The quantitative estimate of drug-likeness (QED) is 0.863. The SMILES string of the molecule is O=C(O)CC1(c2cnc3sccn23)CC1. The fourth-order valence-electron chi connectivity index (χ4n) is 2.08. The van der Waals surface area contributed by atoms with E-state index in [2.05, 4.69) is 4.98 Å². The molecule has 0 unspecified atom stereocenters. The maximum absolute atomic E-state index is 10.8. The van der Waals surface area contributed by atoms with Crippen molar-refractivity contribution in [2.75, 3.05) is 0 Å². The van der Waals surface area contributed by atoms with E-state index in [1.807, 2.05) is 22.2 Å². The number of imidazole rings is 1. The van der Waals surface area contributed by atoms with Gasteiger partial charge in [0.05, 0.1) is 18.3 Å². The minimum atomic E-state index is -0.724. The molecule has 2 aromatic rings. The third-order valence-electron chi connectivity index (χ3n) is 3.03. The van der Waals surface area contributed by atoms with E-state index in [1.54, 1.807) is 11.3 Å². The van der Waals surface area contributed by atoms with Gasteiger partial charge in [-0.25, -0.2) is 4.98 Å². The molecule has 0 bridgehead atoms. The Hall–Kier alpha value is -1.36. The summed E-state index contributed by atoms with van der Waals surface area (Å²) in [6, 6.07) is 0. The van der Waals surface area contributed by atoms with Crippen LogP contribution in [0, 0.1) is 0 Å². The molecule has 1 aliphatic carbocycles. The summed E-state index contributed by atoms with van der Waals surface area (Å²) in [5.41, 5.74) is 0.910. The van der Waals surface area contributed by atoms with E-state index in [0.717, 1.165) is 23.5 Å². The van der Waals surface area contributed by atoms with Crippen LogP contribution in [0.4, 0.5) is 0 Å². The summed E-state index contributed by atoms with van der Waals surface area (Å²) in [4.78, 5) is 16.0. The van der Waals surface area contributed by atoms with Crippen LogP contribution < -0.4 is 0 Å². The lowest BCUT2D eigenvalue weighted by Gasteiger charge is -2.10. The number of fused-ring (bicyclic) bond motifs is 1. The molecule has 0 radical (unpaired) electrons. The summed E-state index contributed by atoms with van der Waals surface area (Å²) in [6.07, 6.45) is 5.93. The number of aromatic nitrogens is 2. The number of hydrogen-bond donors (Lipinski definition) is 1. The highest BCUT2D eigenvalue weighted by Gasteiger charge is 2.48. The first-order chi connectivity index (χ1) is 7.21. The van der Waals surface area contributed by atoms with Crippen LogP contribution in [0.2, 0.25) is 0 Å². The molecule has 5 heteroatoms. The second-order valence-corrected chi connectivity index (χ2v) is 4.92. The zero-order chi connectivity index (χ0) is 10.5. The summed E-state index contributed by atoms with van der Waals surface area (Å²) in [6.45, 7) is 0. The average Bonchev–Trinajstić information content (AvgIpc) is 2.62. The largest absolute Gasteiger partial charge is 0.481 e. The summed E-state index contributed by atoms with van der Waals surface area (Å²) < 4.78 is 2.01. The van der Waals surface area contributed by atoms with E-state index in [-0.39, 0.29) is 11.8 Å². The van der Waals surface area contributed by atoms with Crippen molar-refractivity contribution < 1.29 is 9.90 Å². The Kier molecular flexibility index (Phi) is 1.68. The van der Waals surface area contributed by atoms with Crippen LogP contribution in [-0.4, -0.2) is 20.5 Å². The van der Waals surface area contributed by atoms with Gasteiger partial charge in [-0.05, 0) is 12.8 Å². The lowest BCUT2D eigenvalue weighted by Crippen LogP contribution is -2.14. The highest BCUT2D eigenvalue weighted by Crippen LogP contribution is 2.51. The summed E-state index contributed by atoms with van der Waals surface area (Å²) in [7, 11) is 0. The van der Waals surface area contributed by atoms with Crippen LogP contribution in [0.1, 0.15) is 25.0 Å². The molecular formula is C10H10N2O2S. The fourth-order valence-corrected chi connectivity index (χ4v) is 2.77. The number of aliphatic carboxylic acids is 1. The van der Waals surface area contributed by atoms with Crippen LogP contribution in [0.3, 0.4) is 0 Å². The normalized spacial score (nSPS) is 18.1. The van der Waals surface area contributed by atoms with Crippen molar-refractivity contribution in [3.05, 3.63) is 23.5 Å². The maximum Gasteiger partial charge on any atom is 0.304 e. The molecule has 0 spiro atoms. The van der Waals surface area contributed by atoms with Crippen molar-refractivity contribution in [3.63, 3.8) is 0 Å². The number of carbonyl (C=O) groups is 1. The molecule has 4 nitrogen and oxygen atoms in total. The molecular weight excluding hydrogens is 212 g/mol. The van der Waals surface area contributed by atoms with Gasteiger partial charge in [0.15, 0.2) is 4.96 Å². The van der Waals surface area contributed by atoms with Crippen molar-refractivity contribution in [1.29, 1.82) is 0 Å². The number of rotatable bonds is 3. The van der Waals surface area contributed by atoms with Gasteiger partial charge in [-0.1, -0.05) is 0 Å². The third-order valence-corrected chi connectivity index (χ3v) is 3.80.